The summed E-state index contributed by atoms with van der Waals surface area (Å²) in [5.41, 5.74) is 1.20. The Morgan fingerprint density at radius 2 is 2.00 bits per heavy atom. The molecule has 0 bridgehead atoms. The summed E-state index contributed by atoms with van der Waals surface area (Å²) in [6.45, 7) is 2.09. The lowest BCUT2D eigenvalue weighted by Crippen LogP contribution is -2.26. The predicted octanol–water partition coefficient (Wildman–Crippen LogP) is 2.12. The van der Waals surface area contributed by atoms with Crippen molar-refractivity contribution in [3.8, 4) is 0 Å². The highest BCUT2D eigenvalue weighted by atomic mass is 16.6. The number of benzene rings is 1. The summed E-state index contributed by atoms with van der Waals surface area (Å²) in [5.74, 6) is 0. The smallest absolute Gasteiger partial charge is 0.0993 e. The molecule has 1 saturated heterocycles. The summed E-state index contributed by atoms with van der Waals surface area (Å²) in [6, 6.07) is 10.2. The highest BCUT2D eigenvalue weighted by molar-refractivity contribution is 5.49. The Labute approximate surface area is 84.2 Å². The molecule has 14 heavy (non-hydrogen) atoms. The zero-order chi connectivity index (χ0) is 9.64. The van der Waals surface area contributed by atoms with Crippen molar-refractivity contribution in [2.45, 2.75) is 6.10 Å². The Hall–Kier alpha value is -1.12. The maximum atomic E-state index is 5.49. The maximum absolute atomic E-state index is 5.49. The molecule has 0 aromatic heterocycles. The highest BCUT2D eigenvalue weighted by Gasteiger charge is 2.09. The number of rotatable bonds is 2. The van der Waals surface area contributed by atoms with Crippen LogP contribution in [-0.2, 0) is 9.47 Å². The van der Waals surface area contributed by atoms with Gasteiger partial charge >= 0.3 is 0 Å². The minimum absolute atomic E-state index is 0.115. The van der Waals surface area contributed by atoms with Crippen LogP contribution in [0.5, 0.6) is 0 Å². The zero-order valence-electron chi connectivity index (χ0n) is 8.06. The first-order valence-corrected chi connectivity index (χ1v) is 4.88. The van der Waals surface area contributed by atoms with Gasteiger partial charge in [-0.3, -0.25) is 0 Å². The van der Waals surface area contributed by atoms with Crippen LogP contribution in [0, 0.1) is 0 Å². The lowest BCUT2D eigenvalue weighted by Gasteiger charge is -2.19. The largest absolute Gasteiger partial charge is 0.376 e. The average Bonchev–Trinajstić information content (AvgIpc) is 2.29. The lowest BCUT2D eigenvalue weighted by atomic mass is 10.2. The van der Waals surface area contributed by atoms with Crippen molar-refractivity contribution in [1.29, 1.82) is 0 Å². The third-order valence-corrected chi connectivity index (χ3v) is 2.14. The van der Waals surface area contributed by atoms with Gasteiger partial charge in [-0.15, -0.1) is 0 Å². The van der Waals surface area contributed by atoms with Gasteiger partial charge in [0, 0.05) is 0 Å². The van der Waals surface area contributed by atoms with Crippen molar-refractivity contribution in [2.24, 2.45) is 0 Å². The summed E-state index contributed by atoms with van der Waals surface area (Å²) in [6.07, 6.45) is 4.23. The average molecular weight is 190 g/mol. The van der Waals surface area contributed by atoms with E-state index in [1.165, 1.54) is 5.56 Å². The fraction of sp³-hybridized carbons (Fsp3) is 0.333. The molecule has 2 heteroatoms. The third kappa shape index (κ3) is 2.69. The van der Waals surface area contributed by atoms with Crippen molar-refractivity contribution < 1.29 is 9.47 Å². The summed E-state index contributed by atoms with van der Waals surface area (Å²) in [5, 5.41) is 0. The van der Waals surface area contributed by atoms with E-state index in [0.717, 1.165) is 6.61 Å². The summed E-state index contributed by atoms with van der Waals surface area (Å²) in [4.78, 5) is 0. The van der Waals surface area contributed by atoms with E-state index in [9.17, 15) is 0 Å². The minimum atomic E-state index is 0.115. The van der Waals surface area contributed by atoms with Gasteiger partial charge < -0.3 is 9.47 Å². The Bertz CT molecular complexity index is 286. The van der Waals surface area contributed by atoms with Crippen molar-refractivity contribution in [1.82, 2.24) is 0 Å². The quantitative estimate of drug-likeness (QED) is 0.711. The van der Waals surface area contributed by atoms with E-state index in [1.807, 2.05) is 18.2 Å². The molecule has 0 unspecified atom stereocenters. The van der Waals surface area contributed by atoms with Crippen molar-refractivity contribution in [3.05, 3.63) is 42.0 Å². The zero-order valence-corrected chi connectivity index (χ0v) is 8.06. The first-order chi connectivity index (χ1) is 6.95. The molecule has 0 radical (unpaired) electrons. The summed E-state index contributed by atoms with van der Waals surface area (Å²) >= 11 is 0. The Kier molecular flexibility index (Phi) is 3.33. The second-order valence-corrected chi connectivity index (χ2v) is 3.25. The normalized spacial score (nSPS) is 22.7. The molecular weight excluding hydrogens is 176 g/mol. The molecule has 0 amide bonds. The van der Waals surface area contributed by atoms with Crippen LogP contribution in [0.15, 0.2) is 36.4 Å². The van der Waals surface area contributed by atoms with Crippen LogP contribution in [0.4, 0.5) is 0 Å². The van der Waals surface area contributed by atoms with Crippen molar-refractivity contribution in [2.75, 3.05) is 19.8 Å². The topological polar surface area (TPSA) is 18.5 Å². The van der Waals surface area contributed by atoms with E-state index in [-0.39, 0.29) is 6.10 Å². The van der Waals surface area contributed by atoms with E-state index in [1.54, 1.807) is 0 Å². The minimum Gasteiger partial charge on any atom is -0.376 e. The van der Waals surface area contributed by atoms with Crippen molar-refractivity contribution >= 4 is 6.08 Å². The van der Waals surface area contributed by atoms with Crippen molar-refractivity contribution in [3.63, 3.8) is 0 Å². The van der Waals surface area contributed by atoms with Gasteiger partial charge in [0.15, 0.2) is 0 Å². The molecule has 2 rings (SSSR count). The molecule has 0 spiro atoms. The van der Waals surface area contributed by atoms with Crippen LogP contribution in [0.1, 0.15) is 5.56 Å². The maximum Gasteiger partial charge on any atom is 0.0993 e. The molecule has 74 valence electrons. The van der Waals surface area contributed by atoms with Crippen LogP contribution in [-0.4, -0.2) is 25.9 Å². The second kappa shape index (κ2) is 4.94. The van der Waals surface area contributed by atoms with Gasteiger partial charge in [-0.2, -0.15) is 0 Å². The van der Waals surface area contributed by atoms with Gasteiger partial charge in [0.2, 0.25) is 0 Å². The molecule has 1 aliphatic heterocycles. The third-order valence-electron chi connectivity index (χ3n) is 2.14. The first-order valence-electron chi connectivity index (χ1n) is 4.88. The van der Waals surface area contributed by atoms with Gasteiger partial charge in [-0.1, -0.05) is 42.5 Å². The fourth-order valence-electron chi connectivity index (χ4n) is 1.40. The van der Waals surface area contributed by atoms with E-state index >= 15 is 0 Å². The van der Waals surface area contributed by atoms with Gasteiger partial charge in [-0.05, 0) is 5.56 Å². The second-order valence-electron chi connectivity index (χ2n) is 3.25. The van der Waals surface area contributed by atoms with E-state index in [2.05, 4.69) is 24.3 Å². The SMILES string of the molecule is C(=C\[C@H]1COCCO1)/c1ccccc1. The Morgan fingerprint density at radius 3 is 2.71 bits per heavy atom. The Morgan fingerprint density at radius 1 is 1.14 bits per heavy atom. The highest BCUT2D eigenvalue weighted by Crippen LogP contribution is 2.06. The predicted molar refractivity (Wildman–Crippen MR) is 56.0 cm³/mol. The summed E-state index contributed by atoms with van der Waals surface area (Å²) in [7, 11) is 0. The van der Waals surface area contributed by atoms with Crippen LogP contribution in [0.25, 0.3) is 6.08 Å². The standard InChI is InChI=1S/C12H14O2/c1-2-4-11(5-3-1)6-7-12-10-13-8-9-14-12/h1-7,12H,8-10H2/b7-6+/t12-/m0/s1. The first kappa shape index (κ1) is 9.44. The molecule has 2 nitrogen and oxygen atoms in total. The molecule has 1 aromatic rings. The van der Waals surface area contributed by atoms with Crippen LogP contribution >= 0.6 is 0 Å². The molecular formula is C12H14O2. The number of hydrogen-bond donors (Lipinski definition) is 0. The molecule has 0 saturated carbocycles. The van der Waals surface area contributed by atoms with Crippen LogP contribution < -0.4 is 0 Å². The molecule has 1 fully saturated rings. The molecule has 0 N–H and O–H groups in total. The van der Waals surface area contributed by atoms with Crippen LogP contribution in [0.2, 0.25) is 0 Å². The van der Waals surface area contributed by atoms with Gasteiger partial charge in [0.1, 0.15) is 0 Å². The van der Waals surface area contributed by atoms with E-state index in [0.29, 0.717) is 13.2 Å². The molecule has 1 aliphatic rings. The fourth-order valence-corrected chi connectivity index (χ4v) is 1.40. The van der Waals surface area contributed by atoms with Gasteiger partial charge in [0.05, 0.1) is 25.9 Å². The molecule has 1 heterocycles. The lowest BCUT2D eigenvalue weighted by molar-refractivity contribution is -0.0672. The molecule has 1 atom stereocenters. The van der Waals surface area contributed by atoms with E-state index < -0.39 is 0 Å². The monoisotopic (exact) mass is 190 g/mol. The Balaban J connectivity index is 1.93. The molecule has 1 aromatic carbocycles. The number of hydrogen-bond acceptors (Lipinski definition) is 2. The van der Waals surface area contributed by atoms with E-state index in [4.69, 9.17) is 9.47 Å². The van der Waals surface area contributed by atoms with Gasteiger partial charge in [0.25, 0.3) is 0 Å². The van der Waals surface area contributed by atoms with Gasteiger partial charge in [-0.25, -0.2) is 0 Å². The number of ether oxygens (including phenoxy) is 2. The van der Waals surface area contributed by atoms with Crippen LogP contribution in [0.3, 0.4) is 0 Å². The summed E-state index contributed by atoms with van der Waals surface area (Å²) < 4.78 is 10.8. The molecule has 0 aliphatic carbocycles.